The van der Waals surface area contributed by atoms with Gasteiger partial charge in [-0.25, -0.2) is 9.78 Å². The number of nitrogens with zero attached hydrogens (tertiary/aromatic N) is 5. The number of ether oxygens (including phenoxy) is 1. The standard InChI is InChI=1S/C26H32N8O10S2/c1-25(2)20(22(36)34(25)44-46(39,40)41)31-21(35)19(18-13-45-24(28)30-18)32-43-26(3,23(37)38)14-42-17-7-5-15(6-8-17)16-11-29-33(12-16)10-4-9-27/h5-8,11-13,20H,4,9-10,14,27H2,1-3H3,(H2,28,30)(H,31,35)(H,37,38)(H,39,40,41)/b32-19-/t20-,26-/m1/s1. The number of hydrogen-bond donors (Lipinski definition) is 5. The van der Waals surface area contributed by atoms with E-state index in [9.17, 15) is 27.9 Å². The highest BCUT2D eigenvalue weighted by Gasteiger charge is 2.58. The zero-order chi connectivity index (χ0) is 33.9. The average molecular weight is 681 g/mol. The minimum atomic E-state index is -5.02. The number of nitrogens with one attached hydrogen (secondary N) is 1. The molecule has 46 heavy (non-hydrogen) atoms. The molecule has 0 saturated carbocycles. The van der Waals surface area contributed by atoms with Gasteiger partial charge in [-0.3, -0.25) is 18.8 Å². The van der Waals surface area contributed by atoms with Crippen molar-refractivity contribution in [2.75, 3.05) is 18.9 Å². The fourth-order valence-electron chi connectivity index (χ4n) is 4.15. The molecule has 1 aromatic carbocycles. The molecule has 0 bridgehead atoms. The number of carbonyl (C=O) groups is 3. The van der Waals surface area contributed by atoms with E-state index in [1.165, 1.54) is 26.2 Å². The minimum Gasteiger partial charge on any atom is -0.489 e. The van der Waals surface area contributed by atoms with Crippen molar-refractivity contribution in [2.24, 2.45) is 10.9 Å². The number of nitrogens with two attached hydrogens (primary N) is 2. The maximum Gasteiger partial charge on any atom is 0.418 e. The highest BCUT2D eigenvalue weighted by Crippen LogP contribution is 2.33. The number of oxime groups is 1. The number of benzene rings is 1. The lowest BCUT2D eigenvalue weighted by Gasteiger charge is -2.50. The lowest BCUT2D eigenvalue weighted by atomic mass is 9.84. The molecule has 4 rings (SSSR count). The zero-order valence-corrected chi connectivity index (χ0v) is 26.4. The van der Waals surface area contributed by atoms with E-state index in [1.807, 2.05) is 6.20 Å². The molecule has 1 aliphatic rings. The van der Waals surface area contributed by atoms with Crippen LogP contribution >= 0.6 is 11.3 Å². The van der Waals surface area contributed by atoms with Crippen molar-refractivity contribution in [3.05, 3.63) is 47.7 Å². The first-order valence-electron chi connectivity index (χ1n) is 13.5. The van der Waals surface area contributed by atoms with Gasteiger partial charge >= 0.3 is 16.4 Å². The smallest absolute Gasteiger partial charge is 0.418 e. The highest BCUT2D eigenvalue weighted by atomic mass is 32.3. The van der Waals surface area contributed by atoms with Crippen LogP contribution in [-0.2, 0) is 40.4 Å². The van der Waals surface area contributed by atoms with E-state index in [4.69, 9.17) is 25.6 Å². The monoisotopic (exact) mass is 680 g/mol. The number of aliphatic carboxylic acids is 1. The maximum absolute atomic E-state index is 13.3. The number of aromatic nitrogens is 3. The van der Waals surface area contributed by atoms with E-state index >= 15 is 0 Å². The van der Waals surface area contributed by atoms with Crippen LogP contribution in [0.2, 0.25) is 0 Å². The molecule has 1 aliphatic heterocycles. The summed E-state index contributed by atoms with van der Waals surface area (Å²) in [6, 6.07) is 5.50. The number of carboxylic acids is 1. The van der Waals surface area contributed by atoms with Crippen LogP contribution in [0.5, 0.6) is 5.75 Å². The second-order valence-electron chi connectivity index (χ2n) is 10.8. The number of carbonyl (C=O) groups excluding carboxylic acids is 2. The van der Waals surface area contributed by atoms with Crippen molar-refractivity contribution >= 4 is 50.4 Å². The van der Waals surface area contributed by atoms with Gasteiger partial charge in [0.25, 0.3) is 17.4 Å². The summed E-state index contributed by atoms with van der Waals surface area (Å²) in [5, 5.41) is 22.2. The Kier molecular flexibility index (Phi) is 9.97. The minimum absolute atomic E-state index is 0.0546. The normalized spacial score (nSPS) is 17.6. The van der Waals surface area contributed by atoms with Crippen LogP contribution in [0.4, 0.5) is 5.13 Å². The molecule has 248 valence electrons. The number of aryl methyl sites for hydroxylation is 1. The van der Waals surface area contributed by atoms with Gasteiger partial charge in [-0.15, -0.1) is 15.6 Å². The van der Waals surface area contributed by atoms with Crippen LogP contribution < -0.4 is 21.5 Å². The van der Waals surface area contributed by atoms with Crippen molar-refractivity contribution < 1.29 is 46.3 Å². The predicted molar refractivity (Wildman–Crippen MR) is 163 cm³/mol. The number of hydrogen-bond acceptors (Lipinski definition) is 14. The van der Waals surface area contributed by atoms with Gasteiger partial charge in [-0.05, 0) is 51.4 Å². The molecule has 0 unspecified atom stereocenters. The molecular formula is C26H32N8O10S2. The molecule has 2 amide bonds. The summed E-state index contributed by atoms with van der Waals surface area (Å²) in [5.41, 5.74) is 8.82. The summed E-state index contributed by atoms with van der Waals surface area (Å²) >= 11 is 0.956. The summed E-state index contributed by atoms with van der Waals surface area (Å²) in [6.45, 7) is 4.61. The first-order valence-corrected chi connectivity index (χ1v) is 15.8. The van der Waals surface area contributed by atoms with Gasteiger partial charge < -0.3 is 31.5 Å². The van der Waals surface area contributed by atoms with Crippen molar-refractivity contribution in [3.8, 4) is 16.9 Å². The van der Waals surface area contributed by atoms with Gasteiger partial charge in [-0.2, -0.15) is 18.6 Å². The second kappa shape index (κ2) is 13.4. The van der Waals surface area contributed by atoms with Gasteiger partial charge in [0.2, 0.25) is 0 Å². The molecule has 2 atom stereocenters. The van der Waals surface area contributed by atoms with Crippen molar-refractivity contribution in [1.82, 2.24) is 25.1 Å². The number of hydroxylamine groups is 2. The van der Waals surface area contributed by atoms with Crippen molar-refractivity contribution in [3.63, 3.8) is 0 Å². The Morgan fingerprint density at radius 1 is 1.24 bits per heavy atom. The summed E-state index contributed by atoms with van der Waals surface area (Å²) < 4.78 is 42.9. The van der Waals surface area contributed by atoms with Crippen molar-refractivity contribution in [2.45, 2.75) is 50.9 Å². The van der Waals surface area contributed by atoms with Gasteiger partial charge in [0.15, 0.2) is 10.8 Å². The number of amides is 2. The number of nitrogen functional groups attached to an aromatic ring is 1. The fraction of sp³-hybridized carbons (Fsp3) is 0.385. The number of carboxylic acid groups (broad SMARTS) is 1. The van der Waals surface area contributed by atoms with E-state index < -0.39 is 57.7 Å². The van der Waals surface area contributed by atoms with Crippen LogP contribution in [0.3, 0.4) is 0 Å². The molecule has 0 spiro atoms. The molecule has 1 saturated heterocycles. The molecule has 3 aromatic rings. The molecule has 18 nitrogen and oxygen atoms in total. The molecule has 0 radical (unpaired) electrons. The van der Waals surface area contributed by atoms with Crippen LogP contribution in [0.15, 0.2) is 47.2 Å². The predicted octanol–water partition coefficient (Wildman–Crippen LogP) is 0.421. The summed E-state index contributed by atoms with van der Waals surface area (Å²) in [4.78, 5) is 47.4. The SMILES string of the molecule is CC1(C)[C@H](NC(=O)/C(=N\O[C@](C)(COc2ccc(-c3cnn(CCCN)c3)cc2)C(=O)O)c2csc(N)n2)C(=O)N1OS(=O)(=O)O. The Morgan fingerprint density at radius 2 is 1.93 bits per heavy atom. The Balaban J connectivity index is 1.48. The number of β-lactam (4-membered cyclic amide) rings is 1. The Bertz CT molecular complexity index is 1740. The third-order valence-corrected chi connectivity index (χ3v) is 7.83. The van der Waals surface area contributed by atoms with Gasteiger partial charge in [0.1, 0.15) is 24.1 Å². The third kappa shape index (κ3) is 7.77. The van der Waals surface area contributed by atoms with Crippen molar-refractivity contribution in [1.29, 1.82) is 0 Å². The lowest BCUT2D eigenvalue weighted by molar-refractivity contribution is -0.218. The van der Waals surface area contributed by atoms with Gasteiger partial charge in [0, 0.05) is 23.7 Å². The van der Waals surface area contributed by atoms with E-state index in [0.717, 1.165) is 28.9 Å². The van der Waals surface area contributed by atoms with Crippen LogP contribution in [-0.4, -0.2) is 91.7 Å². The fourth-order valence-corrected chi connectivity index (χ4v) is 5.15. The summed E-state index contributed by atoms with van der Waals surface area (Å²) in [7, 11) is -5.02. The highest BCUT2D eigenvalue weighted by molar-refractivity contribution is 7.80. The second-order valence-corrected chi connectivity index (χ2v) is 12.7. The largest absolute Gasteiger partial charge is 0.489 e. The van der Waals surface area contributed by atoms with E-state index in [2.05, 4.69) is 24.8 Å². The van der Waals surface area contributed by atoms with E-state index in [0.29, 0.717) is 23.9 Å². The van der Waals surface area contributed by atoms with Gasteiger partial charge in [-0.1, -0.05) is 17.3 Å². The molecule has 3 heterocycles. The maximum atomic E-state index is 13.3. The quantitative estimate of drug-likeness (QED) is 0.0631. The Hall–Kier alpha value is -4.63. The average Bonchev–Trinajstić information content (AvgIpc) is 3.65. The first-order chi connectivity index (χ1) is 21.5. The summed E-state index contributed by atoms with van der Waals surface area (Å²) in [6.07, 6.45) is 4.39. The number of anilines is 1. The molecule has 0 aliphatic carbocycles. The Labute approximate surface area is 266 Å². The zero-order valence-electron chi connectivity index (χ0n) is 24.8. The third-order valence-electron chi connectivity index (χ3n) is 6.82. The lowest BCUT2D eigenvalue weighted by Crippen LogP contribution is -2.76. The van der Waals surface area contributed by atoms with E-state index in [-0.39, 0.29) is 10.8 Å². The van der Waals surface area contributed by atoms with Gasteiger partial charge in [0.05, 0.1) is 11.7 Å². The van der Waals surface area contributed by atoms with Crippen LogP contribution in [0.1, 0.15) is 32.9 Å². The van der Waals surface area contributed by atoms with Crippen LogP contribution in [0.25, 0.3) is 11.1 Å². The summed E-state index contributed by atoms with van der Waals surface area (Å²) in [5.74, 6) is -3.17. The topological polar surface area (TPSA) is 264 Å². The molecule has 2 aromatic heterocycles. The van der Waals surface area contributed by atoms with Crippen LogP contribution in [0, 0.1) is 0 Å². The number of thiazole rings is 1. The first kappa shape index (κ1) is 34.2. The molecule has 7 N–H and O–H groups in total. The Morgan fingerprint density at radius 3 is 2.50 bits per heavy atom. The molecule has 20 heteroatoms. The van der Waals surface area contributed by atoms with E-state index in [1.54, 1.807) is 35.1 Å². The molecular weight excluding hydrogens is 648 g/mol. The number of rotatable bonds is 15. The molecule has 1 fully saturated rings.